The molecule has 0 aliphatic carbocycles. The number of halogens is 1. The lowest BCUT2D eigenvalue weighted by molar-refractivity contribution is 0.690. The van der Waals surface area contributed by atoms with E-state index in [1.807, 2.05) is 35.1 Å². The van der Waals surface area contributed by atoms with Crippen LogP contribution in [0.1, 0.15) is 17.4 Å². The third-order valence-corrected chi connectivity index (χ3v) is 4.74. The van der Waals surface area contributed by atoms with Crippen LogP contribution in [0.2, 0.25) is 5.02 Å². The summed E-state index contributed by atoms with van der Waals surface area (Å²) >= 11 is 7.75. The van der Waals surface area contributed by atoms with E-state index in [9.17, 15) is 0 Å². The number of benzene rings is 1. The molecule has 2 aromatic heterocycles. The molecule has 1 aromatic carbocycles. The van der Waals surface area contributed by atoms with Crippen LogP contribution in [-0.2, 0) is 13.0 Å². The van der Waals surface area contributed by atoms with Crippen LogP contribution in [-0.4, -0.2) is 9.78 Å². The van der Waals surface area contributed by atoms with Gasteiger partial charge in [-0.05, 0) is 36.2 Å². The molecule has 0 amide bonds. The molecule has 0 spiro atoms. The number of rotatable bonds is 4. The van der Waals surface area contributed by atoms with Crippen molar-refractivity contribution in [3.05, 3.63) is 58.1 Å². The molecule has 0 fully saturated rings. The van der Waals surface area contributed by atoms with Gasteiger partial charge in [-0.1, -0.05) is 30.7 Å². The third kappa shape index (κ3) is 3.12. The van der Waals surface area contributed by atoms with Gasteiger partial charge in [0, 0.05) is 16.1 Å². The van der Waals surface area contributed by atoms with Crippen LogP contribution in [0.25, 0.3) is 10.6 Å². The Bertz CT molecular complexity index is 760. The Kier molecular flexibility index (Phi) is 3.99. The normalized spacial score (nSPS) is 11.0. The lowest BCUT2D eigenvalue weighted by Gasteiger charge is -2.02. The molecule has 108 valence electrons. The van der Waals surface area contributed by atoms with E-state index in [1.165, 1.54) is 4.88 Å². The number of nitrogens with two attached hydrogens (primary N) is 1. The van der Waals surface area contributed by atoms with Crippen LogP contribution >= 0.6 is 22.9 Å². The van der Waals surface area contributed by atoms with Crippen molar-refractivity contribution in [1.82, 2.24) is 9.78 Å². The highest BCUT2D eigenvalue weighted by molar-refractivity contribution is 7.15. The highest BCUT2D eigenvalue weighted by Gasteiger charge is 2.11. The molecule has 21 heavy (non-hydrogen) atoms. The molecule has 3 nitrogen and oxygen atoms in total. The number of nitrogen functional groups attached to an aromatic ring is 1. The predicted molar refractivity (Wildman–Crippen MR) is 89.9 cm³/mol. The fourth-order valence-electron chi connectivity index (χ4n) is 2.23. The van der Waals surface area contributed by atoms with Crippen molar-refractivity contribution in [2.75, 3.05) is 5.73 Å². The van der Waals surface area contributed by atoms with Gasteiger partial charge in [-0.2, -0.15) is 5.10 Å². The summed E-state index contributed by atoms with van der Waals surface area (Å²) in [4.78, 5) is 2.46. The first-order chi connectivity index (χ1) is 10.2. The summed E-state index contributed by atoms with van der Waals surface area (Å²) in [5, 5.41) is 5.35. The maximum absolute atomic E-state index is 6.10. The molecule has 0 unspecified atom stereocenters. The average molecular weight is 318 g/mol. The van der Waals surface area contributed by atoms with Gasteiger partial charge in [0.2, 0.25) is 0 Å². The molecular formula is C16H16ClN3S. The SMILES string of the molecule is CCc1ccc(-c2nn(Cc3cccc(Cl)c3)cc2N)s1. The standard InChI is InChI=1S/C16H16ClN3S/c1-2-13-6-7-15(21-13)16-14(18)10-20(19-16)9-11-4-3-5-12(17)8-11/h3-8,10H,2,9,18H2,1H3. The van der Waals surface area contributed by atoms with E-state index in [4.69, 9.17) is 17.3 Å². The van der Waals surface area contributed by atoms with Crippen molar-refractivity contribution in [2.45, 2.75) is 19.9 Å². The summed E-state index contributed by atoms with van der Waals surface area (Å²) in [5.74, 6) is 0. The van der Waals surface area contributed by atoms with E-state index in [0.717, 1.165) is 27.6 Å². The molecule has 2 N–H and O–H groups in total. The largest absolute Gasteiger partial charge is 0.396 e. The van der Waals surface area contributed by atoms with E-state index in [2.05, 4.69) is 24.2 Å². The van der Waals surface area contributed by atoms with Crippen LogP contribution in [0.5, 0.6) is 0 Å². The first-order valence-electron chi connectivity index (χ1n) is 6.82. The molecular weight excluding hydrogens is 302 g/mol. The van der Waals surface area contributed by atoms with Crippen molar-refractivity contribution >= 4 is 28.6 Å². The van der Waals surface area contributed by atoms with Gasteiger partial charge in [-0.25, -0.2) is 0 Å². The van der Waals surface area contributed by atoms with Crippen molar-refractivity contribution in [3.8, 4) is 10.6 Å². The number of anilines is 1. The Morgan fingerprint density at radius 1 is 1.29 bits per heavy atom. The van der Waals surface area contributed by atoms with Crippen LogP contribution in [0.15, 0.2) is 42.6 Å². The summed E-state index contributed by atoms with van der Waals surface area (Å²) in [6.07, 6.45) is 2.91. The zero-order valence-electron chi connectivity index (χ0n) is 11.7. The van der Waals surface area contributed by atoms with Crippen molar-refractivity contribution in [1.29, 1.82) is 0 Å². The van der Waals surface area contributed by atoms with Crippen LogP contribution in [0, 0.1) is 0 Å². The van der Waals surface area contributed by atoms with E-state index < -0.39 is 0 Å². The van der Waals surface area contributed by atoms with Crippen LogP contribution < -0.4 is 5.73 Å². The average Bonchev–Trinajstić information content (AvgIpc) is 3.05. The van der Waals surface area contributed by atoms with E-state index in [0.29, 0.717) is 12.2 Å². The number of aromatic nitrogens is 2. The maximum atomic E-state index is 6.10. The highest BCUT2D eigenvalue weighted by atomic mass is 35.5. The molecule has 0 aliphatic rings. The molecule has 0 atom stereocenters. The lowest BCUT2D eigenvalue weighted by Crippen LogP contribution is -2.00. The second-order valence-electron chi connectivity index (χ2n) is 4.88. The van der Waals surface area contributed by atoms with E-state index in [1.54, 1.807) is 11.3 Å². The number of hydrogen-bond acceptors (Lipinski definition) is 3. The van der Waals surface area contributed by atoms with Gasteiger partial charge in [0.05, 0.1) is 17.1 Å². The van der Waals surface area contributed by atoms with Gasteiger partial charge >= 0.3 is 0 Å². The van der Waals surface area contributed by atoms with Crippen molar-refractivity contribution in [2.24, 2.45) is 0 Å². The number of nitrogens with zero attached hydrogens (tertiary/aromatic N) is 2. The zero-order chi connectivity index (χ0) is 14.8. The van der Waals surface area contributed by atoms with E-state index in [-0.39, 0.29) is 0 Å². The topological polar surface area (TPSA) is 43.8 Å². The molecule has 0 saturated carbocycles. The summed E-state index contributed by atoms with van der Waals surface area (Å²) in [6, 6.07) is 12.0. The van der Waals surface area contributed by atoms with Gasteiger partial charge in [0.25, 0.3) is 0 Å². The minimum atomic E-state index is 0.663. The minimum Gasteiger partial charge on any atom is -0.396 e. The minimum absolute atomic E-state index is 0.663. The third-order valence-electron chi connectivity index (χ3n) is 3.27. The Hall–Kier alpha value is -1.78. The fourth-order valence-corrected chi connectivity index (χ4v) is 3.39. The highest BCUT2D eigenvalue weighted by Crippen LogP contribution is 2.31. The van der Waals surface area contributed by atoms with Crippen molar-refractivity contribution < 1.29 is 0 Å². The Labute approximate surface area is 133 Å². The zero-order valence-corrected chi connectivity index (χ0v) is 13.3. The van der Waals surface area contributed by atoms with Gasteiger partial charge < -0.3 is 5.73 Å². The van der Waals surface area contributed by atoms with Gasteiger partial charge in [-0.15, -0.1) is 11.3 Å². The molecule has 3 rings (SSSR count). The Morgan fingerprint density at radius 3 is 2.86 bits per heavy atom. The van der Waals surface area contributed by atoms with Gasteiger partial charge in [-0.3, -0.25) is 4.68 Å². The molecule has 5 heteroatoms. The molecule has 0 aliphatic heterocycles. The molecule has 2 heterocycles. The second-order valence-corrected chi connectivity index (χ2v) is 6.48. The summed E-state index contributed by atoms with van der Waals surface area (Å²) in [7, 11) is 0. The summed E-state index contributed by atoms with van der Waals surface area (Å²) in [6.45, 7) is 2.81. The summed E-state index contributed by atoms with van der Waals surface area (Å²) in [5.41, 5.74) is 8.79. The number of hydrogen-bond donors (Lipinski definition) is 1. The first kappa shape index (κ1) is 14.2. The van der Waals surface area contributed by atoms with Gasteiger partial charge in [0.1, 0.15) is 5.69 Å². The monoisotopic (exact) mass is 317 g/mol. The molecule has 0 saturated heterocycles. The van der Waals surface area contributed by atoms with Gasteiger partial charge in [0.15, 0.2) is 0 Å². The summed E-state index contributed by atoms with van der Waals surface area (Å²) < 4.78 is 1.86. The quantitative estimate of drug-likeness (QED) is 0.772. The molecule has 0 bridgehead atoms. The molecule has 3 aromatic rings. The van der Waals surface area contributed by atoms with Crippen LogP contribution in [0.3, 0.4) is 0 Å². The maximum Gasteiger partial charge on any atom is 0.125 e. The van der Waals surface area contributed by atoms with E-state index >= 15 is 0 Å². The fraction of sp³-hybridized carbons (Fsp3) is 0.188. The Morgan fingerprint density at radius 2 is 2.14 bits per heavy atom. The second kappa shape index (κ2) is 5.92. The van der Waals surface area contributed by atoms with Crippen LogP contribution in [0.4, 0.5) is 5.69 Å². The smallest absolute Gasteiger partial charge is 0.125 e. The number of aryl methyl sites for hydroxylation is 1. The first-order valence-corrected chi connectivity index (χ1v) is 8.01. The Balaban J connectivity index is 1.87. The predicted octanol–water partition coefficient (Wildman–Crippen LogP) is 4.46. The number of thiophene rings is 1. The lowest BCUT2D eigenvalue weighted by atomic mass is 10.2. The van der Waals surface area contributed by atoms with Crippen molar-refractivity contribution in [3.63, 3.8) is 0 Å². The molecule has 0 radical (unpaired) electrons.